The maximum Gasteiger partial charge on any atom is 0.260 e. The molecule has 1 aromatic carbocycles. The molecule has 1 aliphatic rings. The van der Waals surface area contributed by atoms with Crippen LogP contribution in [0.4, 0.5) is 0 Å². The Morgan fingerprint density at radius 1 is 1.23 bits per heavy atom. The molecule has 0 saturated carbocycles. The molecule has 1 atom stereocenters. The van der Waals surface area contributed by atoms with Crippen molar-refractivity contribution in [1.82, 2.24) is 19.2 Å². The lowest BCUT2D eigenvalue weighted by molar-refractivity contribution is -0.135. The number of hydrogen-bond donors (Lipinski definition) is 0. The summed E-state index contributed by atoms with van der Waals surface area (Å²) in [5, 5.41) is 1.86. The molecule has 4 rings (SSSR count). The van der Waals surface area contributed by atoms with Gasteiger partial charge in [-0.2, -0.15) is 0 Å². The number of carbonyl (C=O) groups excluding carboxylic acids is 1. The SMILES string of the molecule is CCC(C)c1ccccc1OCC(=O)N1CCN(Cc2cc(=O)n3ccsc3n2)CC1. The Kier molecular flexibility index (Phi) is 6.67. The minimum atomic E-state index is -0.0510. The highest BCUT2D eigenvalue weighted by atomic mass is 32.1. The van der Waals surface area contributed by atoms with Crippen LogP contribution < -0.4 is 10.3 Å². The average molecular weight is 441 g/mol. The minimum absolute atomic E-state index is 0.00924. The van der Waals surface area contributed by atoms with Crippen LogP contribution in [0.15, 0.2) is 46.7 Å². The normalized spacial score (nSPS) is 15.9. The quantitative estimate of drug-likeness (QED) is 0.565. The molecular weight excluding hydrogens is 412 g/mol. The van der Waals surface area contributed by atoms with Gasteiger partial charge in [-0.1, -0.05) is 32.0 Å². The summed E-state index contributed by atoms with van der Waals surface area (Å²) in [4.78, 5) is 34.2. The van der Waals surface area contributed by atoms with E-state index < -0.39 is 0 Å². The highest BCUT2D eigenvalue weighted by Gasteiger charge is 2.22. The Balaban J connectivity index is 1.29. The van der Waals surface area contributed by atoms with Crippen LogP contribution in [0.1, 0.15) is 37.4 Å². The number of piperazine rings is 1. The summed E-state index contributed by atoms with van der Waals surface area (Å²) >= 11 is 1.46. The van der Waals surface area contributed by atoms with Crippen LogP contribution >= 0.6 is 11.3 Å². The lowest BCUT2D eigenvalue weighted by Gasteiger charge is -2.34. The van der Waals surface area contributed by atoms with E-state index in [0.717, 1.165) is 36.5 Å². The Morgan fingerprint density at radius 2 is 2.00 bits per heavy atom. The molecule has 8 heteroatoms. The first kappa shape index (κ1) is 21.5. The van der Waals surface area contributed by atoms with Crippen LogP contribution in [-0.4, -0.2) is 57.9 Å². The predicted molar refractivity (Wildman–Crippen MR) is 122 cm³/mol. The molecule has 0 bridgehead atoms. The highest BCUT2D eigenvalue weighted by Crippen LogP contribution is 2.28. The van der Waals surface area contributed by atoms with Crippen LogP contribution in [0.5, 0.6) is 5.75 Å². The van der Waals surface area contributed by atoms with Crippen LogP contribution in [0.2, 0.25) is 0 Å². The fourth-order valence-corrected chi connectivity index (χ4v) is 4.56. The summed E-state index contributed by atoms with van der Waals surface area (Å²) in [6.45, 7) is 7.79. The van der Waals surface area contributed by atoms with Crippen molar-refractivity contribution < 1.29 is 9.53 Å². The third-order valence-corrected chi connectivity index (χ3v) is 6.64. The first-order valence-corrected chi connectivity index (χ1v) is 11.6. The molecule has 3 heterocycles. The summed E-state index contributed by atoms with van der Waals surface area (Å²) in [6, 6.07) is 9.56. The van der Waals surface area contributed by atoms with E-state index in [1.54, 1.807) is 16.7 Å². The van der Waals surface area contributed by atoms with E-state index in [1.165, 1.54) is 11.3 Å². The van der Waals surface area contributed by atoms with Gasteiger partial charge in [0.05, 0.1) is 5.69 Å². The van der Waals surface area contributed by atoms with E-state index in [-0.39, 0.29) is 18.1 Å². The zero-order chi connectivity index (χ0) is 21.8. The van der Waals surface area contributed by atoms with Gasteiger partial charge in [0.15, 0.2) is 11.6 Å². The summed E-state index contributed by atoms with van der Waals surface area (Å²) < 4.78 is 7.45. The van der Waals surface area contributed by atoms with Crippen molar-refractivity contribution in [3.63, 3.8) is 0 Å². The van der Waals surface area contributed by atoms with Crippen molar-refractivity contribution in [2.75, 3.05) is 32.8 Å². The molecule has 1 aliphatic heterocycles. The number of ether oxygens (including phenoxy) is 1. The van der Waals surface area contributed by atoms with Crippen molar-refractivity contribution in [3.05, 3.63) is 63.5 Å². The number of fused-ring (bicyclic) bond motifs is 1. The van der Waals surface area contributed by atoms with Crippen molar-refractivity contribution in [3.8, 4) is 5.75 Å². The Labute approximate surface area is 185 Å². The number of benzene rings is 1. The number of aromatic nitrogens is 2. The van der Waals surface area contributed by atoms with Crippen LogP contribution in [0, 0.1) is 0 Å². The van der Waals surface area contributed by atoms with Crippen molar-refractivity contribution in [1.29, 1.82) is 0 Å². The largest absolute Gasteiger partial charge is 0.483 e. The van der Waals surface area contributed by atoms with E-state index >= 15 is 0 Å². The van der Waals surface area contributed by atoms with E-state index in [9.17, 15) is 9.59 Å². The number of hydrogen-bond acceptors (Lipinski definition) is 6. The van der Waals surface area contributed by atoms with Gasteiger partial charge in [0.25, 0.3) is 11.5 Å². The molecule has 1 unspecified atom stereocenters. The van der Waals surface area contributed by atoms with Crippen LogP contribution in [-0.2, 0) is 11.3 Å². The summed E-state index contributed by atoms with van der Waals surface area (Å²) in [5.41, 5.74) is 1.87. The van der Waals surface area contributed by atoms with Gasteiger partial charge in [-0.05, 0) is 24.0 Å². The van der Waals surface area contributed by atoms with Gasteiger partial charge in [0, 0.05) is 50.4 Å². The second-order valence-corrected chi connectivity index (χ2v) is 8.81. The topological polar surface area (TPSA) is 67.2 Å². The Hall–Kier alpha value is -2.71. The third kappa shape index (κ3) is 4.97. The smallest absolute Gasteiger partial charge is 0.260 e. The molecule has 7 nitrogen and oxygen atoms in total. The number of thiazole rings is 1. The number of carbonyl (C=O) groups is 1. The molecule has 1 saturated heterocycles. The van der Waals surface area contributed by atoms with Gasteiger partial charge >= 0.3 is 0 Å². The monoisotopic (exact) mass is 440 g/mol. The molecule has 0 spiro atoms. The highest BCUT2D eigenvalue weighted by molar-refractivity contribution is 7.15. The van der Waals surface area contributed by atoms with Gasteiger partial charge in [0.1, 0.15) is 5.75 Å². The van der Waals surface area contributed by atoms with Crippen LogP contribution in [0.3, 0.4) is 0 Å². The first-order chi connectivity index (χ1) is 15.0. The fourth-order valence-electron chi connectivity index (χ4n) is 3.82. The van der Waals surface area contributed by atoms with Gasteiger partial charge in [-0.3, -0.25) is 18.9 Å². The summed E-state index contributed by atoms with van der Waals surface area (Å²) in [6.07, 6.45) is 2.77. The maximum absolute atomic E-state index is 12.7. The van der Waals surface area contributed by atoms with E-state index in [0.29, 0.717) is 30.5 Å². The molecule has 0 aliphatic carbocycles. The zero-order valence-corrected chi connectivity index (χ0v) is 18.8. The molecule has 3 aromatic rings. The van der Waals surface area contributed by atoms with Gasteiger partial charge in [0.2, 0.25) is 0 Å². The maximum atomic E-state index is 12.7. The second-order valence-electron chi connectivity index (χ2n) is 7.93. The number of amides is 1. The third-order valence-electron chi connectivity index (χ3n) is 5.88. The molecule has 164 valence electrons. The minimum Gasteiger partial charge on any atom is -0.483 e. The zero-order valence-electron chi connectivity index (χ0n) is 18.0. The molecule has 1 fully saturated rings. The van der Waals surface area contributed by atoms with Crippen LogP contribution in [0.25, 0.3) is 4.96 Å². The van der Waals surface area contributed by atoms with E-state index in [1.807, 2.05) is 28.5 Å². The molecular formula is C23H28N4O3S. The molecule has 31 heavy (non-hydrogen) atoms. The predicted octanol–water partition coefficient (Wildman–Crippen LogP) is 2.99. The Bertz CT molecular complexity index is 1100. The molecule has 0 radical (unpaired) electrons. The summed E-state index contributed by atoms with van der Waals surface area (Å²) in [5.74, 6) is 1.20. The molecule has 0 N–H and O–H groups in total. The lowest BCUT2D eigenvalue weighted by Crippen LogP contribution is -2.49. The number of para-hydroxylation sites is 1. The Morgan fingerprint density at radius 3 is 2.77 bits per heavy atom. The fraction of sp³-hybridized carbons (Fsp3) is 0.435. The standard InChI is InChI=1S/C23H28N4O3S/c1-3-17(2)19-6-4-5-7-20(19)30-16-22(29)26-10-8-25(9-11-26)15-18-14-21(28)27-12-13-31-23(27)24-18/h4-7,12-14,17H,3,8-11,15-16H2,1-2H3. The second kappa shape index (κ2) is 9.62. The average Bonchev–Trinajstić information content (AvgIpc) is 3.27. The van der Waals surface area contributed by atoms with E-state index in [4.69, 9.17) is 4.74 Å². The van der Waals surface area contributed by atoms with Gasteiger partial charge in [-0.25, -0.2) is 4.98 Å². The van der Waals surface area contributed by atoms with Gasteiger partial charge in [-0.15, -0.1) is 11.3 Å². The number of rotatable bonds is 7. The van der Waals surface area contributed by atoms with Crippen molar-refractivity contribution in [2.45, 2.75) is 32.7 Å². The van der Waals surface area contributed by atoms with Crippen molar-refractivity contribution >= 4 is 22.2 Å². The molecule has 1 amide bonds. The summed E-state index contributed by atoms with van der Waals surface area (Å²) in [7, 11) is 0. The molecule has 2 aromatic heterocycles. The lowest BCUT2D eigenvalue weighted by atomic mass is 9.98. The number of nitrogens with zero attached hydrogens (tertiary/aromatic N) is 4. The van der Waals surface area contributed by atoms with E-state index in [2.05, 4.69) is 29.8 Å². The van der Waals surface area contributed by atoms with Crippen molar-refractivity contribution in [2.24, 2.45) is 0 Å². The van der Waals surface area contributed by atoms with Gasteiger partial charge < -0.3 is 9.64 Å². The first-order valence-electron chi connectivity index (χ1n) is 10.7.